The van der Waals surface area contributed by atoms with Crippen molar-refractivity contribution in [3.05, 3.63) is 18.3 Å². The second kappa shape index (κ2) is 1.80. The van der Waals surface area contributed by atoms with Crippen molar-refractivity contribution < 1.29 is 0 Å². The molecule has 0 spiro atoms. The fraction of sp³-hybridized carbons (Fsp3) is 0. The summed E-state index contributed by atoms with van der Waals surface area (Å²) in [5.74, 6) is 0.919. The van der Waals surface area contributed by atoms with Crippen molar-refractivity contribution in [2.45, 2.75) is 0 Å². The molecule has 1 aliphatic rings. The van der Waals surface area contributed by atoms with Gasteiger partial charge in [0.1, 0.15) is 0 Å². The Morgan fingerprint density at radius 3 is 3.33 bits per heavy atom. The van der Waals surface area contributed by atoms with E-state index in [1.54, 1.807) is 6.20 Å². The van der Waals surface area contributed by atoms with E-state index in [9.17, 15) is 0 Å². The van der Waals surface area contributed by atoms with Crippen LogP contribution >= 0.6 is 12.1 Å². The summed E-state index contributed by atoms with van der Waals surface area (Å²) in [6, 6.07) is 3.88. The van der Waals surface area contributed by atoms with E-state index in [4.69, 9.17) is 0 Å². The third-order valence-electron chi connectivity index (χ3n) is 1.12. The van der Waals surface area contributed by atoms with Gasteiger partial charge in [-0.25, -0.2) is 4.98 Å². The van der Waals surface area contributed by atoms with E-state index in [2.05, 4.69) is 14.4 Å². The molecular weight excluding hydrogens is 134 g/mol. The van der Waals surface area contributed by atoms with E-state index < -0.39 is 0 Å². The third-order valence-corrected chi connectivity index (χ3v) is 1.73. The van der Waals surface area contributed by atoms with E-state index in [1.165, 1.54) is 12.1 Å². The van der Waals surface area contributed by atoms with Crippen LogP contribution in [0, 0.1) is 0 Å². The maximum absolute atomic E-state index is 4.06. The number of nitrogens with one attached hydrogen (secondary N) is 2. The number of hydrogen-bond donors (Lipinski definition) is 2. The molecule has 2 heterocycles. The molecule has 2 rings (SSSR count). The van der Waals surface area contributed by atoms with Gasteiger partial charge in [-0.3, -0.25) is 4.72 Å². The van der Waals surface area contributed by atoms with Gasteiger partial charge in [0.05, 0.1) is 17.8 Å². The molecule has 3 nitrogen and oxygen atoms in total. The van der Waals surface area contributed by atoms with Crippen molar-refractivity contribution >= 4 is 23.6 Å². The average molecular weight is 139 g/mol. The normalized spacial score (nSPS) is 13.8. The van der Waals surface area contributed by atoms with Crippen LogP contribution in [0.3, 0.4) is 0 Å². The van der Waals surface area contributed by atoms with Crippen LogP contribution in [0.5, 0.6) is 0 Å². The first-order valence-electron chi connectivity index (χ1n) is 2.60. The summed E-state index contributed by atoms with van der Waals surface area (Å²) in [7, 11) is 0. The zero-order valence-electron chi connectivity index (χ0n) is 4.59. The highest BCUT2D eigenvalue weighted by Crippen LogP contribution is 2.28. The highest BCUT2D eigenvalue weighted by atomic mass is 32.2. The van der Waals surface area contributed by atoms with Crippen molar-refractivity contribution in [3.63, 3.8) is 0 Å². The molecule has 0 saturated heterocycles. The molecule has 0 fully saturated rings. The Bertz CT molecular complexity index is 202. The zero-order valence-corrected chi connectivity index (χ0v) is 5.40. The van der Waals surface area contributed by atoms with Gasteiger partial charge < -0.3 is 4.72 Å². The molecule has 1 aromatic rings. The lowest BCUT2D eigenvalue weighted by molar-refractivity contribution is 1.35. The van der Waals surface area contributed by atoms with Gasteiger partial charge in [0, 0.05) is 6.20 Å². The van der Waals surface area contributed by atoms with Gasteiger partial charge >= 0.3 is 0 Å². The summed E-state index contributed by atoms with van der Waals surface area (Å²) >= 11 is 1.44. The number of hydrogen-bond acceptors (Lipinski definition) is 4. The number of fused-ring (bicyclic) bond motifs is 1. The molecular formula is C5H5N3S. The molecule has 9 heavy (non-hydrogen) atoms. The molecule has 1 aromatic heterocycles. The molecule has 2 N–H and O–H groups in total. The monoisotopic (exact) mass is 139 g/mol. The molecule has 4 heteroatoms. The standard InChI is InChI=1S/C5H5N3S/c1-2-4-5(6-3-1)8-9-7-4/h1-3,7H,(H,6,8). The van der Waals surface area contributed by atoms with Crippen LogP contribution in [0.2, 0.25) is 0 Å². The van der Waals surface area contributed by atoms with E-state index in [-0.39, 0.29) is 0 Å². The Balaban J connectivity index is 2.54. The van der Waals surface area contributed by atoms with Crippen LogP contribution in [-0.2, 0) is 0 Å². The smallest absolute Gasteiger partial charge is 0.161 e. The maximum Gasteiger partial charge on any atom is 0.161 e. The van der Waals surface area contributed by atoms with Crippen LogP contribution in [0.25, 0.3) is 0 Å². The number of aromatic nitrogens is 1. The Morgan fingerprint density at radius 2 is 2.44 bits per heavy atom. The Morgan fingerprint density at radius 1 is 1.44 bits per heavy atom. The molecule has 0 saturated carbocycles. The van der Waals surface area contributed by atoms with Crippen molar-refractivity contribution in [2.75, 3.05) is 9.44 Å². The molecule has 0 amide bonds. The van der Waals surface area contributed by atoms with Gasteiger partial charge in [0.2, 0.25) is 0 Å². The van der Waals surface area contributed by atoms with E-state index in [0.29, 0.717) is 0 Å². The summed E-state index contributed by atoms with van der Waals surface area (Å²) < 4.78 is 6.04. The first-order chi connectivity index (χ1) is 4.47. The lowest BCUT2D eigenvalue weighted by Crippen LogP contribution is -1.79. The van der Waals surface area contributed by atoms with E-state index >= 15 is 0 Å². The lowest BCUT2D eigenvalue weighted by atomic mass is 10.4. The summed E-state index contributed by atoms with van der Waals surface area (Å²) in [6.07, 6.45) is 1.76. The van der Waals surface area contributed by atoms with Crippen molar-refractivity contribution in [1.29, 1.82) is 0 Å². The van der Waals surface area contributed by atoms with Gasteiger partial charge in [0.15, 0.2) is 5.82 Å². The van der Waals surface area contributed by atoms with Crippen LogP contribution in [0.4, 0.5) is 11.5 Å². The predicted octanol–water partition coefficient (Wildman–Crippen LogP) is 1.48. The molecule has 0 aromatic carbocycles. The number of pyridine rings is 1. The summed E-state index contributed by atoms with van der Waals surface area (Å²) in [5.41, 5.74) is 1.06. The van der Waals surface area contributed by atoms with Crippen molar-refractivity contribution in [1.82, 2.24) is 4.98 Å². The minimum absolute atomic E-state index is 0.919. The van der Waals surface area contributed by atoms with Gasteiger partial charge in [-0.1, -0.05) is 0 Å². The molecule has 0 bridgehead atoms. The SMILES string of the molecule is c1cnc2c(c1)NSN2. The fourth-order valence-electron chi connectivity index (χ4n) is 0.698. The highest BCUT2D eigenvalue weighted by Gasteiger charge is 2.07. The largest absolute Gasteiger partial charge is 0.309 e. The first-order valence-corrected chi connectivity index (χ1v) is 3.41. The number of anilines is 2. The molecule has 0 atom stereocenters. The van der Waals surface area contributed by atoms with Crippen molar-refractivity contribution in [3.8, 4) is 0 Å². The van der Waals surface area contributed by atoms with Gasteiger partial charge in [0.25, 0.3) is 0 Å². The van der Waals surface area contributed by atoms with Crippen molar-refractivity contribution in [2.24, 2.45) is 0 Å². The Kier molecular flexibility index (Phi) is 0.989. The van der Waals surface area contributed by atoms with Crippen LogP contribution in [0.1, 0.15) is 0 Å². The molecule has 0 radical (unpaired) electrons. The minimum Gasteiger partial charge on any atom is -0.309 e. The second-order valence-corrected chi connectivity index (χ2v) is 2.32. The van der Waals surface area contributed by atoms with E-state index in [0.717, 1.165) is 11.5 Å². The summed E-state index contributed by atoms with van der Waals surface area (Å²) in [6.45, 7) is 0. The lowest BCUT2D eigenvalue weighted by Gasteiger charge is -1.90. The Labute approximate surface area is 57.1 Å². The zero-order chi connectivity index (χ0) is 6.10. The fourth-order valence-corrected chi connectivity index (χ4v) is 1.28. The Hall–Kier alpha value is -0.900. The average Bonchev–Trinajstić information content (AvgIpc) is 2.33. The van der Waals surface area contributed by atoms with Crippen LogP contribution < -0.4 is 9.44 Å². The van der Waals surface area contributed by atoms with E-state index in [1.807, 2.05) is 12.1 Å². The number of nitrogens with zero attached hydrogens (tertiary/aromatic N) is 1. The minimum atomic E-state index is 0.919. The maximum atomic E-state index is 4.06. The van der Waals surface area contributed by atoms with Gasteiger partial charge in [-0.2, -0.15) is 0 Å². The molecule has 0 unspecified atom stereocenters. The van der Waals surface area contributed by atoms with Crippen LogP contribution in [0.15, 0.2) is 18.3 Å². The highest BCUT2D eigenvalue weighted by molar-refractivity contribution is 8.02. The second-order valence-electron chi connectivity index (χ2n) is 1.71. The van der Waals surface area contributed by atoms with Crippen LogP contribution in [-0.4, -0.2) is 4.98 Å². The third kappa shape index (κ3) is 0.712. The molecule has 1 aliphatic heterocycles. The summed E-state index contributed by atoms with van der Waals surface area (Å²) in [5, 5.41) is 0. The molecule has 0 aliphatic carbocycles. The summed E-state index contributed by atoms with van der Waals surface area (Å²) in [4.78, 5) is 4.06. The van der Waals surface area contributed by atoms with Gasteiger partial charge in [-0.05, 0) is 12.1 Å². The number of rotatable bonds is 0. The molecule has 46 valence electrons. The quantitative estimate of drug-likeness (QED) is 0.534. The first kappa shape index (κ1) is 4.93. The topological polar surface area (TPSA) is 37.0 Å². The predicted molar refractivity (Wildman–Crippen MR) is 39.1 cm³/mol. The van der Waals surface area contributed by atoms with Gasteiger partial charge in [-0.15, -0.1) is 0 Å².